The number of phenolic OH excluding ortho intramolecular Hbond substituents is 1. The quantitative estimate of drug-likeness (QED) is 0.723. The van der Waals surface area contributed by atoms with Crippen molar-refractivity contribution in [2.75, 3.05) is 25.7 Å². The van der Waals surface area contributed by atoms with Crippen LogP contribution >= 0.6 is 0 Å². The van der Waals surface area contributed by atoms with Gasteiger partial charge < -0.3 is 15.2 Å². The predicted octanol–water partition coefficient (Wildman–Crippen LogP) is 0.925. The molecule has 0 aliphatic carbocycles. The number of aromatic hydroxyl groups is 1. The molecule has 2 N–H and O–H groups in total. The largest absolute Gasteiger partial charge is 0.504 e. The third-order valence-corrected chi connectivity index (χ3v) is 3.47. The number of methoxy groups -OCH3 is 1. The Hall–Kier alpha value is -1.27. The van der Waals surface area contributed by atoms with Gasteiger partial charge in [0.05, 0.1) is 12.9 Å². The maximum absolute atomic E-state index is 10.9. The summed E-state index contributed by atoms with van der Waals surface area (Å²) in [4.78, 5) is 0. The molecule has 0 aromatic heterocycles. The van der Waals surface area contributed by atoms with Crippen molar-refractivity contribution in [1.29, 1.82) is 0 Å². The molecule has 0 saturated heterocycles. The molecule has 1 aromatic rings. The highest BCUT2D eigenvalue weighted by molar-refractivity contribution is 7.90. The smallest absolute Gasteiger partial charge is 0.160 e. The number of rotatable bonds is 7. The fourth-order valence-electron chi connectivity index (χ4n) is 1.54. The summed E-state index contributed by atoms with van der Waals surface area (Å²) in [5.74, 6) is 0.734. The van der Waals surface area contributed by atoms with Gasteiger partial charge in [-0.2, -0.15) is 0 Å². The van der Waals surface area contributed by atoms with Crippen molar-refractivity contribution >= 4 is 9.84 Å². The van der Waals surface area contributed by atoms with Gasteiger partial charge in [0.15, 0.2) is 11.5 Å². The molecular weight excluding hydrogens is 254 g/mol. The minimum Gasteiger partial charge on any atom is -0.504 e. The molecule has 6 heteroatoms. The molecule has 0 saturated carbocycles. The van der Waals surface area contributed by atoms with Crippen LogP contribution in [-0.4, -0.2) is 39.2 Å². The van der Waals surface area contributed by atoms with Crippen LogP contribution in [0.2, 0.25) is 0 Å². The maximum atomic E-state index is 10.9. The maximum Gasteiger partial charge on any atom is 0.160 e. The van der Waals surface area contributed by atoms with Crippen LogP contribution in [0.15, 0.2) is 18.2 Å². The first-order chi connectivity index (χ1) is 8.42. The molecule has 102 valence electrons. The molecule has 0 amide bonds. The van der Waals surface area contributed by atoms with Crippen molar-refractivity contribution in [3.63, 3.8) is 0 Å². The highest BCUT2D eigenvalue weighted by Gasteiger charge is 2.03. The molecule has 1 aromatic carbocycles. The molecule has 0 aliphatic rings. The summed E-state index contributed by atoms with van der Waals surface area (Å²) in [6, 6.07) is 5.17. The monoisotopic (exact) mass is 273 g/mol. The number of hydrogen-bond donors (Lipinski definition) is 2. The molecule has 5 nitrogen and oxygen atoms in total. The lowest BCUT2D eigenvalue weighted by Gasteiger charge is -2.07. The Bertz CT molecular complexity index is 485. The van der Waals surface area contributed by atoms with Gasteiger partial charge in [0.25, 0.3) is 0 Å². The molecule has 0 spiro atoms. The van der Waals surface area contributed by atoms with Crippen LogP contribution in [0.4, 0.5) is 0 Å². The van der Waals surface area contributed by atoms with E-state index in [-0.39, 0.29) is 11.5 Å². The normalized spacial score (nSPS) is 11.4. The topological polar surface area (TPSA) is 75.6 Å². The van der Waals surface area contributed by atoms with E-state index in [4.69, 9.17) is 4.74 Å². The second-order valence-corrected chi connectivity index (χ2v) is 6.43. The Labute approximate surface area is 108 Å². The van der Waals surface area contributed by atoms with Crippen molar-refractivity contribution < 1.29 is 18.3 Å². The Morgan fingerprint density at radius 1 is 1.39 bits per heavy atom. The van der Waals surface area contributed by atoms with Crippen LogP contribution in [0.5, 0.6) is 11.5 Å². The molecular formula is C12H19NO4S. The molecule has 0 unspecified atom stereocenters. The van der Waals surface area contributed by atoms with Crippen molar-refractivity contribution in [2.45, 2.75) is 13.0 Å². The van der Waals surface area contributed by atoms with Gasteiger partial charge in [-0.05, 0) is 30.7 Å². The second-order valence-electron chi connectivity index (χ2n) is 4.17. The van der Waals surface area contributed by atoms with E-state index in [0.29, 0.717) is 25.3 Å². The summed E-state index contributed by atoms with van der Waals surface area (Å²) in [6.07, 6.45) is 1.81. The minimum absolute atomic E-state index is 0.105. The Morgan fingerprint density at radius 2 is 2.11 bits per heavy atom. The van der Waals surface area contributed by atoms with Gasteiger partial charge in [0.1, 0.15) is 9.84 Å². The first-order valence-corrected chi connectivity index (χ1v) is 7.73. The average molecular weight is 273 g/mol. The summed E-state index contributed by atoms with van der Waals surface area (Å²) in [6.45, 7) is 1.21. The van der Waals surface area contributed by atoms with Crippen molar-refractivity contribution in [3.8, 4) is 11.5 Å². The van der Waals surface area contributed by atoms with E-state index in [1.165, 1.54) is 13.4 Å². The first kappa shape index (κ1) is 14.8. The van der Waals surface area contributed by atoms with E-state index in [0.717, 1.165) is 5.56 Å². The van der Waals surface area contributed by atoms with Crippen LogP contribution in [0.3, 0.4) is 0 Å². The van der Waals surface area contributed by atoms with Crippen LogP contribution in [0.25, 0.3) is 0 Å². The summed E-state index contributed by atoms with van der Waals surface area (Å²) >= 11 is 0. The number of ether oxygens (including phenoxy) is 1. The summed E-state index contributed by atoms with van der Waals surface area (Å²) < 4.78 is 26.8. The SMILES string of the molecule is COc1ccc(CNCCCS(C)(=O)=O)cc1O. The fraction of sp³-hybridized carbons (Fsp3) is 0.500. The van der Waals surface area contributed by atoms with E-state index >= 15 is 0 Å². The molecule has 0 fully saturated rings. The van der Waals surface area contributed by atoms with Gasteiger partial charge in [-0.1, -0.05) is 6.07 Å². The summed E-state index contributed by atoms with van der Waals surface area (Å²) in [5.41, 5.74) is 0.924. The van der Waals surface area contributed by atoms with Crippen molar-refractivity contribution in [3.05, 3.63) is 23.8 Å². The molecule has 0 bridgehead atoms. The van der Waals surface area contributed by atoms with E-state index in [1.807, 2.05) is 6.07 Å². The van der Waals surface area contributed by atoms with Gasteiger partial charge in [-0.15, -0.1) is 0 Å². The predicted molar refractivity (Wildman–Crippen MR) is 70.7 cm³/mol. The highest BCUT2D eigenvalue weighted by Crippen LogP contribution is 2.25. The first-order valence-electron chi connectivity index (χ1n) is 5.66. The van der Waals surface area contributed by atoms with Crippen LogP contribution in [0.1, 0.15) is 12.0 Å². The lowest BCUT2D eigenvalue weighted by Crippen LogP contribution is -2.17. The minimum atomic E-state index is -2.88. The second kappa shape index (κ2) is 6.61. The number of hydrogen-bond acceptors (Lipinski definition) is 5. The Kier molecular flexibility index (Phi) is 5.43. The zero-order chi connectivity index (χ0) is 13.6. The average Bonchev–Trinajstić information content (AvgIpc) is 2.27. The van der Waals surface area contributed by atoms with Crippen molar-refractivity contribution in [2.24, 2.45) is 0 Å². The van der Waals surface area contributed by atoms with E-state index < -0.39 is 9.84 Å². The highest BCUT2D eigenvalue weighted by atomic mass is 32.2. The third kappa shape index (κ3) is 5.37. The molecule has 0 atom stereocenters. The lowest BCUT2D eigenvalue weighted by atomic mass is 10.2. The van der Waals surface area contributed by atoms with E-state index in [1.54, 1.807) is 12.1 Å². The van der Waals surface area contributed by atoms with Gasteiger partial charge in [0, 0.05) is 12.8 Å². The number of benzene rings is 1. The molecule has 0 radical (unpaired) electrons. The zero-order valence-electron chi connectivity index (χ0n) is 10.6. The van der Waals surface area contributed by atoms with Crippen LogP contribution in [-0.2, 0) is 16.4 Å². The number of phenols is 1. The lowest BCUT2D eigenvalue weighted by molar-refractivity contribution is 0.373. The molecule has 0 aliphatic heterocycles. The molecule has 1 rings (SSSR count). The van der Waals surface area contributed by atoms with Gasteiger partial charge in [0.2, 0.25) is 0 Å². The van der Waals surface area contributed by atoms with E-state index in [2.05, 4.69) is 5.32 Å². The number of sulfone groups is 1. The fourth-order valence-corrected chi connectivity index (χ4v) is 2.21. The van der Waals surface area contributed by atoms with Gasteiger partial charge >= 0.3 is 0 Å². The molecule has 0 heterocycles. The van der Waals surface area contributed by atoms with Crippen molar-refractivity contribution in [1.82, 2.24) is 5.32 Å². The van der Waals surface area contributed by atoms with Crippen LogP contribution < -0.4 is 10.1 Å². The summed E-state index contributed by atoms with van der Waals surface area (Å²) in [7, 11) is -1.38. The van der Waals surface area contributed by atoms with Crippen LogP contribution in [0, 0.1) is 0 Å². The van der Waals surface area contributed by atoms with E-state index in [9.17, 15) is 13.5 Å². The zero-order valence-corrected chi connectivity index (χ0v) is 11.5. The standard InChI is InChI=1S/C12H19NO4S/c1-17-12-5-4-10(8-11(12)14)9-13-6-3-7-18(2,15)16/h4-5,8,13-14H,3,6-7,9H2,1-2H3. The molecule has 18 heavy (non-hydrogen) atoms. The Morgan fingerprint density at radius 3 is 2.67 bits per heavy atom. The third-order valence-electron chi connectivity index (χ3n) is 2.44. The Balaban J connectivity index is 2.34. The summed E-state index contributed by atoms with van der Waals surface area (Å²) in [5, 5.41) is 12.7. The van der Waals surface area contributed by atoms with Gasteiger partial charge in [-0.3, -0.25) is 0 Å². The van der Waals surface area contributed by atoms with Gasteiger partial charge in [-0.25, -0.2) is 8.42 Å². The number of nitrogens with one attached hydrogen (secondary N) is 1.